The topological polar surface area (TPSA) is 106 Å². The largest absolute Gasteiger partial charge is 0.416 e. The molecule has 1 spiro atoms. The first-order valence-electron chi connectivity index (χ1n) is 11.3. The van der Waals surface area contributed by atoms with Gasteiger partial charge in [-0.05, 0) is 55.4 Å². The monoisotopic (exact) mass is 496 g/mol. The fraction of sp³-hybridized carbons (Fsp3) is 0.591. The van der Waals surface area contributed by atoms with E-state index in [0.717, 1.165) is 43.5 Å². The lowest BCUT2D eigenvalue weighted by Crippen LogP contribution is -2.65. The van der Waals surface area contributed by atoms with Gasteiger partial charge in [0, 0.05) is 48.7 Å². The van der Waals surface area contributed by atoms with E-state index in [9.17, 15) is 22.2 Å². The minimum atomic E-state index is -4.55. The molecule has 0 bridgehead atoms. The third-order valence-electron chi connectivity index (χ3n) is 7.31. The van der Waals surface area contributed by atoms with Crippen molar-refractivity contribution in [3.63, 3.8) is 0 Å². The van der Waals surface area contributed by atoms with Crippen LogP contribution in [0, 0.1) is 16.1 Å². The maximum Gasteiger partial charge on any atom is 0.416 e. The van der Waals surface area contributed by atoms with E-state index in [1.54, 1.807) is 0 Å². The van der Waals surface area contributed by atoms with Gasteiger partial charge in [-0.15, -0.1) is 0 Å². The average Bonchev–Trinajstić information content (AvgIpc) is 3.38. The van der Waals surface area contributed by atoms with Crippen LogP contribution in [0.25, 0.3) is 0 Å². The third kappa shape index (κ3) is 4.39. The van der Waals surface area contributed by atoms with Gasteiger partial charge in [-0.3, -0.25) is 5.10 Å². The first-order valence-corrected chi connectivity index (χ1v) is 13.2. The number of nitrogens with zero attached hydrogens (tertiary/aromatic N) is 4. The van der Waals surface area contributed by atoms with Gasteiger partial charge in [-0.2, -0.15) is 18.3 Å². The van der Waals surface area contributed by atoms with Gasteiger partial charge in [0.2, 0.25) is 0 Å². The van der Waals surface area contributed by atoms with Crippen LogP contribution in [0.1, 0.15) is 42.1 Å². The molecule has 184 valence electrons. The molecule has 3 aliphatic rings. The average molecular weight is 497 g/mol. The number of hydrogen-bond donors (Lipinski definition) is 2. The second kappa shape index (κ2) is 7.96. The summed E-state index contributed by atoms with van der Waals surface area (Å²) in [5.74, 6) is 1.20. The van der Waals surface area contributed by atoms with Gasteiger partial charge in [0.25, 0.3) is 0 Å². The lowest BCUT2D eigenvalue weighted by molar-refractivity contribution is -0.137. The van der Waals surface area contributed by atoms with Crippen LogP contribution in [0.5, 0.6) is 0 Å². The predicted octanol–water partition coefficient (Wildman–Crippen LogP) is 3.72. The number of alkyl halides is 3. The van der Waals surface area contributed by atoms with Crippen molar-refractivity contribution in [3.8, 4) is 0 Å². The van der Waals surface area contributed by atoms with Crippen molar-refractivity contribution in [3.05, 3.63) is 41.5 Å². The Balaban J connectivity index is 1.16. The summed E-state index contributed by atoms with van der Waals surface area (Å²) in [6.07, 6.45) is 1.07. The molecule has 2 N–H and O–H groups in total. The van der Waals surface area contributed by atoms with Gasteiger partial charge in [-0.25, -0.2) is 18.8 Å². The smallest absolute Gasteiger partial charge is 0.324 e. The molecule has 34 heavy (non-hydrogen) atoms. The van der Waals surface area contributed by atoms with E-state index in [2.05, 4.69) is 15.2 Å². The number of benzene rings is 1. The van der Waals surface area contributed by atoms with Crippen molar-refractivity contribution in [2.45, 2.75) is 42.7 Å². The van der Waals surface area contributed by atoms with Crippen LogP contribution in [0.3, 0.4) is 0 Å². The minimum absolute atomic E-state index is 0.0340. The molecule has 2 atom stereocenters. The maximum atomic E-state index is 13.3. The predicted molar refractivity (Wildman–Crippen MR) is 118 cm³/mol. The quantitative estimate of drug-likeness (QED) is 0.673. The second-order valence-corrected chi connectivity index (χ2v) is 12.3. The Morgan fingerprint density at radius 3 is 2.62 bits per heavy atom. The summed E-state index contributed by atoms with van der Waals surface area (Å²) in [7, 11) is -3.25. The number of aromatic amines is 1. The van der Waals surface area contributed by atoms with Gasteiger partial charge in [-0.1, -0.05) is 0 Å². The third-order valence-corrected chi connectivity index (χ3v) is 8.45. The Morgan fingerprint density at radius 2 is 2.00 bits per heavy atom. The number of carbonyl (C=O) groups excluding carboxylic acids is 1. The van der Waals surface area contributed by atoms with Crippen LogP contribution in [-0.2, 0) is 22.3 Å². The number of amides is 2. The van der Waals surface area contributed by atoms with E-state index in [4.69, 9.17) is 4.78 Å². The molecule has 1 aromatic heterocycles. The second-order valence-electron chi connectivity index (χ2n) is 10.1. The molecule has 1 saturated carbocycles. The molecule has 12 heteroatoms. The Labute approximate surface area is 195 Å². The molecule has 2 unspecified atom stereocenters. The number of H-pyrrole nitrogens is 1. The summed E-state index contributed by atoms with van der Waals surface area (Å²) in [6.45, 7) is 2.66. The number of urea groups is 1. The van der Waals surface area contributed by atoms with Crippen molar-refractivity contribution in [1.29, 1.82) is 4.78 Å². The van der Waals surface area contributed by atoms with Crippen LogP contribution in [0.15, 0.2) is 29.4 Å². The molecular formula is C22H27F3N6O2S. The zero-order chi connectivity index (χ0) is 24.3. The molecule has 5 rings (SSSR count). The van der Waals surface area contributed by atoms with Gasteiger partial charge < -0.3 is 9.80 Å². The summed E-state index contributed by atoms with van der Waals surface area (Å²) < 4.78 is 59.7. The molecule has 8 nitrogen and oxygen atoms in total. The van der Waals surface area contributed by atoms with Gasteiger partial charge in [0.05, 0.1) is 15.3 Å². The van der Waals surface area contributed by atoms with E-state index in [-0.39, 0.29) is 28.2 Å². The van der Waals surface area contributed by atoms with Crippen LogP contribution in [-0.4, -0.2) is 67.7 Å². The Hall–Kier alpha value is -2.63. The van der Waals surface area contributed by atoms with E-state index < -0.39 is 21.5 Å². The van der Waals surface area contributed by atoms with Crippen LogP contribution >= 0.6 is 0 Å². The van der Waals surface area contributed by atoms with E-state index in [1.165, 1.54) is 12.4 Å². The lowest BCUT2D eigenvalue weighted by Gasteiger charge is -2.59. The van der Waals surface area contributed by atoms with Crippen molar-refractivity contribution in [2.24, 2.45) is 11.3 Å². The highest BCUT2D eigenvalue weighted by atomic mass is 32.2. The number of likely N-dealkylation sites (tertiary alicyclic amines) is 2. The van der Waals surface area contributed by atoms with Gasteiger partial charge in [0.15, 0.2) is 0 Å². The summed E-state index contributed by atoms with van der Waals surface area (Å²) >= 11 is 0. The number of hydrogen-bond acceptors (Lipinski definition) is 5. The van der Waals surface area contributed by atoms with Crippen molar-refractivity contribution >= 4 is 15.8 Å². The number of aromatic nitrogens is 3. The first kappa shape index (κ1) is 23.1. The van der Waals surface area contributed by atoms with Crippen molar-refractivity contribution in [1.82, 2.24) is 25.0 Å². The first-order chi connectivity index (χ1) is 15.9. The Morgan fingerprint density at radius 1 is 1.26 bits per heavy atom. The summed E-state index contributed by atoms with van der Waals surface area (Å²) in [5, 5.41) is 6.75. The van der Waals surface area contributed by atoms with E-state index >= 15 is 0 Å². The molecule has 3 heterocycles. The lowest BCUT2D eigenvalue weighted by atomic mass is 9.56. The van der Waals surface area contributed by atoms with Gasteiger partial charge in [0.1, 0.15) is 12.2 Å². The minimum Gasteiger partial charge on any atom is -0.324 e. The molecular weight excluding hydrogens is 469 g/mol. The van der Waals surface area contributed by atoms with Gasteiger partial charge >= 0.3 is 12.2 Å². The van der Waals surface area contributed by atoms with Crippen molar-refractivity contribution < 1.29 is 22.2 Å². The number of nitrogens with one attached hydrogen (secondary N) is 2. The highest BCUT2D eigenvalue weighted by molar-refractivity contribution is 7.91. The molecule has 2 aliphatic heterocycles. The van der Waals surface area contributed by atoms with Crippen molar-refractivity contribution in [2.75, 3.05) is 32.4 Å². The number of carbonyl (C=O) groups is 1. The normalized spacial score (nSPS) is 24.1. The molecule has 1 aromatic carbocycles. The van der Waals surface area contributed by atoms with E-state index in [1.807, 2.05) is 9.80 Å². The summed E-state index contributed by atoms with van der Waals surface area (Å²) in [4.78, 5) is 20.7. The molecule has 2 aromatic rings. The molecule has 0 radical (unpaired) electrons. The van der Waals surface area contributed by atoms with Crippen LogP contribution < -0.4 is 0 Å². The molecule has 2 amide bonds. The Kier molecular flexibility index (Phi) is 5.41. The highest BCUT2D eigenvalue weighted by Gasteiger charge is 2.54. The van der Waals surface area contributed by atoms with E-state index in [0.29, 0.717) is 38.2 Å². The molecule has 1 aliphatic carbocycles. The zero-order valence-corrected chi connectivity index (χ0v) is 19.6. The fourth-order valence-corrected chi connectivity index (χ4v) is 6.46. The highest BCUT2D eigenvalue weighted by Crippen LogP contribution is 2.53. The Bertz CT molecular complexity index is 1180. The van der Waals surface area contributed by atoms with Crippen LogP contribution in [0.4, 0.5) is 18.0 Å². The number of rotatable bonds is 4. The molecule has 2 saturated heterocycles. The fourth-order valence-electron chi connectivity index (χ4n) is 5.74. The summed E-state index contributed by atoms with van der Waals surface area (Å²) in [6, 6.07) is 3.44. The zero-order valence-electron chi connectivity index (χ0n) is 18.8. The van der Waals surface area contributed by atoms with Crippen LogP contribution in [0.2, 0.25) is 0 Å². The molecule has 3 fully saturated rings. The maximum absolute atomic E-state index is 13.3. The standard InChI is InChI=1S/C22H27F3N6O2S/c1-34(26,33)18-6-14(5-17(7-18)22(23,24)25)4-15-8-21(9-15)11-31(12-21)20(32)30-3-2-16(10-30)19-27-13-28-29-19/h5-7,13,15-16,26H,2-4,8-12H2,1H3,(H,27,28,29). The summed E-state index contributed by atoms with van der Waals surface area (Å²) in [5.41, 5.74) is -0.331. The number of halogens is 3. The SMILES string of the molecule is CS(=N)(=O)c1cc(CC2CC3(C2)CN(C(=O)N2CCC(c4ncn[nH]4)C2)C3)cc(C(F)(F)F)c1.